The van der Waals surface area contributed by atoms with Gasteiger partial charge in [-0.15, -0.1) is 0 Å². The molecule has 4 heteroatoms. The SMILES string of the molecule is Cc1ccccc1/C=C1/Oc2c(ccc(O)c2C[NH+](C)C)C1=O. The number of aryl methyl sites for hydroxylation is 1. The van der Waals surface area contributed by atoms with Crippen LogP contribution in [0.4, 0.5) is 0 Å². The summed E-state index contributed by atoms with van der Waals surface area (Å²) in [5.74, 6) is 0.805. The van der Waals surface area contributed by atoms with Crippen molar-refractivity contribution in [3.8, 4) is 11.5 Å². The maximum atomic E-state index is 12.6. The van der Waals surface area contributed by atoms with Crippen molar-refractivity contribution >= 4 is 11.9 Å². The van der Waals surface area contributed by atoms with E-state index in [1.54, 1.807) is 18.2 Å². The number of quaternary nitrogens is 1. The van der Waals surface area contributed by atoms with Gasteiger partial charge >= 0.3 is 0 Å². The number of allylic oxidation sites excluding steroid dienone is 1. The van der Waals surface area contributed by atoms with E-state index in [0.717, 1.165) is 16.0 Å². The minimum Gasteiger partial charge on any atom is -0.507 e. The molecule has 0 unspecified atom stereocenters. The lowest BCUT2D eigenvalue weighted by Gasteiger charge is -2.12. The molecule has 1 aliphatic rings. The lowest BCUT2D eigenvalue weighted by Crippen LogP contribution is -3.04. The van der Waals surface area contributed by atoms with Crippen molar-refractivity contribution in [1.29, 1.82) is 0 Å². The molecular weight excluding hydrogens is 290 g/mol. The Bertz CT molecular complexity index is 806. The Labute approximate surface area is 135 Å². The first-order valence-electron chi connectivity index (χ1n) is 7.61. The quantitative estimate of drug-likeness (QED) is 0.852. The summed E-state index contributed by atoms with van der Waals surface area (Å²) in [6.45, 7) is 2.57. The fraction of sp³-hybridized carbons (Fsp3) is 0.211. The molecule has 0 fully saturated rings. The van der Waals surface area contributed by atoms with Gasteiger partial charge in [-0.25, -0.2) is 0 Å². The van der Waals surface area contributed by atoms with Gasteiger partial charge in [-0.1, -0.05) is 24.3 Å². The van der Waals surface area contributed by atoms with Gasteiger partial charge in [0, 0.05) is 0 Å². The van der Waals surface area contributed by atoms with Crippen LogP contribution in [0.5, 0.6) is 11.5 Å². The first-order valence-corrected chi connectivity index (χ1v) is 7.61. The van der Waals surface area contributed by atoms with Crippen LogP contribution in [0.1, 0.15) is 27.0 Å². The van der Waals surface area contributed by atoms with Crippen molar-refractivity contribution in [2.24, 2.45) is 0 Å². The molecule has 3 rings (SSSR count). The topological polar surface area (TPSA) is 51.0 Å². The molecule has 4 nitrogen and oxygen atoms in total. The average Bonchev–Trinajstić information content (AvgIpc) is 2.81. The molecule has 2 aromatic rings. The molecule has 1 heterocycles. The van der Waals surface area contributed by atoms with Gasteiger partial charge in [0.15, 0.2) is 11.5 Å². The minimum atomic E-state index is -0.141. The molecule has 0 atom stereocenters. The van der Waals surface area contributed by atoms with E-state index >= 15 is 0 Å². The lowest BCUT2D eigenvalue weighted by molar-refractivity contribution is -0.872. The Balaban J connectivity index is 2.04. The minimum absolute atomic E-state index is 0.141. The van der Waals surface area contributed by atoms with Gasteiger partial charge in [-0.05, 0) is 36.3 Å². The molecule has 0 amide bonds. The zero-order valence-corrected chi connectivity index (χ0v) is 13.5. The third-order valence-electron chi connectivity index (χ3n) is 3.92. The smallest absolute Gasteiger partial charge is 0.231 e. The number of ether oxygens (including phenoxy) is 1. The molecule has 0 bridgehead atoms. The van der Waals surface area contributed by atoms with Crippen molar-refractivity contribution in [2.75, 3.05) is 14.1 Å². The van der Waals surface area contributed by atoms with Crippen LogP contribution in [-0.2, 0) is 6.54 Å². The van der Waals surface area contributed by atoms with Crippen LogP contribution >= 0.6 is 0 Å². The van der Waals surface area contributed by atoms with E-state index in [1.165, 1.54) is 0 Å². The Morgan fingerprint density at radius 2 is 1.91 bits per heavy atom. The van der Waals surface area contributed by atoms with Crippen LogP contribution in [0, 0.1) is 6.92 Å². The van der Waals surface area contributed by atoms with Gasteiger partial charge in [0.05, 0.1) is 25.2 Å². The number of carbonyl (C=O) groups excluding carboxylic acids is 1. The van der Waals surface area contributed by atoms with Gasteiger partial charge in [-0.3, -0.25) is 4.79 Å². The maximum absolute atomic E-state index is 12.6. The van der Waals surface area contributed by atoms with Crippen molar-refractivity contribution in [1.82, 2.24) is 0 Å². The van der Waals surface area contributed by atoms with E-state index in [1.807, 2.05) is 45.3 Å². The van der Waals surface area contributed by atoms with Crippen molar-refractivity contribution < 1.29 is 19.5 Å². The molecule has 0 radical (unpaired) electrons. The van der Waals surface area contributed by atoms with Crippen LogP contribution in [0.3, 0.4) is 0 Å². The number of hydrogen-bond acceptors (Lipinski definition) is 3. The summed E-state index contributed by atoms with van der Waals surface area (Å²) >= 11 is 0. The van der Waals surface area contributed by atoms with E-state index in [0.29, 0.717) is 29.2 Å². The highest BCUT2D eigenvalue weighted by molar-refractivity contribution is 6.15. The number of aromatic hydroxyl groups is 1. The lowest BCUT2D eigenvalue weighted by atomic mass is 10.0. The summed E-state index contributed by atoms with van der Waals surface area (Å²) in [5.41, 5.74) is 3.21. The Hall–Kier alpha value is -2.59. The molecule has 0 saturated carbocycles. The third kappa shape index (κ3) is 2.85. The number of benzene rings is 2. The summed E-state index contributed by atoms with van der Waals surface area (Å²) in [5, 5.41) is 10.1. The predicted octanol–water partition coefficient (Wildman–Crippen LogP) is 1.96. The van der Waals surface area contributed by atoms with Crippen LogP contribution in [0.25, 0.3) is 6.08 Å². The average molecular weight is 310 g/mol. The van der Waals surface area contributed by atoms with Gasteiger partial charge in [-0.2, -0.15) is 0 Å². The fourth-order valence-corrected chi connectivity index (χ4v) is 2.71. The number of hydrogen-bond donors (Lipinski definition) is 2. The molecule has 0 aliphatic carbocycles. The molecule has 0 spiro atoms. The summed E-state index contributed by atoms with van der Waals surface area (Å²) in [4.78, 5) is 13.7. The first-order chi connectivity index (χ1) is 11.0. The number of phenols is 1. The zero-order valence-electron chi connectivity index (χ0n) is 13.5. The summed E-state index contributed by atoms with van der Waals surface area (Å²) < 4.78 is 5.83. The Kier molecular flexibility index (Phi) is 3.92. The summed E-state index contributed by atoms with van der Waals surface area (Å²) in [6.07, 6.45) is 1.76. The molecule has 2 N–H and O–H groups in total. The van der Waals surface area contributed by atoms with E-state index < -0.39 is 0 Å². The highest BCUT2D eigenvalue weighted by atomic mass is 16.5. The first kappa shape index (κ1) is 15.3. The normalized spacial score (nSPS) is 15.1. The van der Waals surface area contributed by atoms with Crippen molar-refractivity contribution in [2.45, 2.75) is 13.5 Å². The number of fused-ring (bicyclic) bond motifs is 1. The second-order valence-corrected chi connectivity index (χ2v) is 6.12. The largest absolute Gasteiger partial charge is 0.507 e. The molecule has 0 saturated heterocycles. The fourth-order valence-electron chi connectivity index (χ4n) is 2.71. The molecule has 118 valence electrons. The van der Waals surface area contributed by atoms with E-state index in [2.05, 4.69) is 0 Å². The number of ketones is 1. The Morgan fingerprint density at radius 1 is 1.17 bits per heavy atom. The van der Waals surface area contributed by atoms with Gasteiger partial charge in [0.1, 0.15) is 12.3 Å². The number of Topliss-reactive ketones (excluding diaryl/α,β-unsaturated/α-hetero) is 1. The van der Waals surface area contributed by atoms with Crippen LogP contribution in [0.2, 0.25) is 0 Å². The highest BCUT2D eigenvalue weighted by Crippen LogP contribution is 2.39. The zero-order chi connectivity index (χ0) is 16.6. The molecule has 0 aromatic heterocycles. The summed E-state index contributed by atoms with van der Waals surface area (Å²) in [7, 11) is 3.97. The van der Waals surface area contributed by atoms with Gasteiger partial charge in [0.2, 0.25) is 5.78 Å². The van der Waals surface area contributed by atoms with Crippen molar-refractivity contribution in [3.63, 3.8) is 0 Å². The monoisotopic (exact) mass is 310 g/mol. The molecular formula is C19H20NO3+. The number of rotatable bonds is 3. The van der Waals surface area contributed by atoms with Crippen LogP contribution in [-0.4, -0.2) is 25.0 Å². The highest BCUT2D eigenvalue weighted by Gasteiger charge is 2.31. The van der Waals surface area contributed by atoms with Gasteiger partial charge in [0.25, 0.3) is 0 Å². The Morgan fingerprint density at radius 3 is 2.61 bits per heavy atom. The third-order valence-corrected chi connectivity index (χ3v) is 3.92. The molecule has 1 aliphatic heterocycles. The van der Waals surface area contributed by atoms with Crippen LogP contribution in [0.15, 0.2) is 42.2 Å². The molecule has 2 aromatic carbocycles. The molecule has 23 heavy (non-hydrogen) atoms. The number of phenolic OH excluding ortho intramolecular Hbond substituents is 1. The van der Waals surface area contributed by atoms with Crippen molar-refractivity contribution in [3.05, 3.63) is 64.4 Å². The summed E-state index contributed by atoms with van der Waals surface area (Å²) in [6, 6.07) is 11.0. The second kappa shape index (κ2) is 5.89. The van der Waals surface area contributed by atoms with Gasteiger partial charge < -0.3 is 14.7 Å². The van der Waals surface area contributed by atoms with E-state index in [4.69, 9.17) is 4.74 Å². The number of nitrogens with one attached hydrogen (secondary N) is 1. The number of carbonyl (C=O) groups is 1. The maximum Gasteiger partial charge on any atom is 0.231 e. The van der Waals surface area contributed by atoms with E-state index in [-0.39, 0.29) is 11.5 Å². The van der Waals surface area contributed by atoms with Crippen LogP contribution < -0.4 is 9.64 Å². The second-order valence-electron chi connectivity index (χ2n) is 6.12. The van der Waals surface area contributed by atoms with E-state index in [9.17, 15) is 9.90 Å². The standard InChI is InChI=1S/C19H19NO3/c1-12-6-4-5-7-13(12)10-17-18(22)14-8-9-16(21)15(11-20(2)3)19(14)23-17/h4-10,21H,11H2,1-3H3/p+1/b17-10+. The predicted molar refractivity (Wildman–Crippen MR) is 88.7 cm³/mol.